The van der Waals surface area contributed by atoms with Gasteiger partial charge in [0.15, 0.2) is 0 Å². The van der Waals surface area contributed by atoms with Crippen LogP contribution >= 0.6 is 11.6 Å². The number of ether oxygens (including phenoxy) is 1. The minimum atomic E-state index is -4.09. The van der Waals surface area contributed by atoms with Gasteiger partial charge in [-0.3, -0.25) is 9.69 Å². The Bertz CT molecular complexity index is 1200. The summed E-state index contributed by atoms with van der Waals surface area (Å²) in [6.07, 6.45) is 0. The van der Waals surface area contributed by atoms with Crippen molar-refractivity contribution >= 4 is 33.5 Å². The first kappa shape index (κ1) is 27.0. The van der Waals surface area contributed by atoms with Crippen LogP contribution in [0.25, 0.3) is 0 Å². The van der Waals surface area contributed by atoms with Gasteiger partial charge >= 0.3 is 5.97 Å². The Hall–Kier alpha value is -2.60. The molecule has 2 aromatic carbocycles. The molecule has 1 saturated heterocycles. The van der Waals surface area contributed by atoms with E-state index in [4.69, 9.17) is 11.6 Å². The molecule has 0 radical (unpaired) electrons. The van der Waals surface area contributed by atoms with Gasteiger partial charge in [-0.05, 0) is 29.8 Å². The summed E-state index contributed by atoms with van der Waals surface area (Å²) in [5.41, 5.74) is 0.312. The van der Waals surface area contributed by atoms with Gasteiger partial charge in [0.25, 0.3) is 0 Å². The van der Waals surface area contributed by atoms with Crippen molar-refractivity contribution < 1.29 is 31.5 Å². The number of carbonyl (C=O) groups is 2. The maximum Gasteiger partial charge on any atom is 0.337 e. The van der Waals surface area contributed by atoms with E-state index in [1.807, 2.05) is 4.90 Å². The lowest BCUT2D eigenvalue weighted by molar-refractivity contribution is -0.130. The normalized spacial score (nSPS) is 15.6. The van der Waals surface area contributed by atoms with Gasteiger partial charge in [-0.2, -0.15) is 0 Å². The first-order valence-electron chi connectivity index (χ1n) is 10.8. The van der Waals surface area contributed by atoms with Gasteiger partial charge < -0.3 is 9.64 Å². The summed E-state index contributed by atoms with van der Waals surface area (Å²) in [6, 6.07) is 7.32. The monoisotopic (exact) mass is 529 g/mol. The SMILES string of the molecule is COC(=O)c1ccc(CNS(=O)(=O)C(CN2CCN(C(C)=O)CC2)c2ccc(F)c(Cl)c2)c(F)c1. The van der Waals surface area contributed by atoms with Crippen molar-refractivity contribution in [1.82, 2.24) is 14.5 Å². The average molecular weight is 530 g/mol. The van der Waals surface area contributed by atoms with Gasteiger partial charge in [0.05, 0.1) is 17.7 Å². The van der Waals surface area contributed by atoms with E-state index in [1.54, 1.807) is 4.90 Å². The van der Waals surface area contributed by atoms with E-state index in [0.29, 0.717) is 26.2 Å². The van der Waals surface area contributed by atoms with Crippen LogP contribution in [0, 0.1) is 11.6 Å². The van der Waals surface area contributed by atoms with Gasteiger partial charge in [0.1, 0.15) is 16.9 Å². The number of nitrogens with zero attached hydrogens (tertiary/aromatic N) is 2. The summed E-state index contributed by atoms with van der Waals surface area (Å²) in [7, 11) is -2.92. The number of carbonyl (C=O) groups excluding carboxylic acids is 2. The molecular weight excluding hydrogens is 504 g/mol. The predicted octanol–water partition coefficient (Wildman–Crippen LogP) is 2.73. The molecule has 1 atom stereocenters. The van der Waals surface area contributed by atoms with Crippen LogP contribution in [0.1, 0.15) is 33.7 Å². The molecule has 8 nitrogen and oxygen atoms in total. The van der Waals surface area contributed by atoms with Crippen LogP contribution in [0.4, 0.5) is 8.78 Å². The Morgan fingerprint density at radius 1 is 1.09 bits per heavy atom. The molecular formula is C23H26ClF2N3O5S. The lowest BCUT2D eigenvalue weighted by Gasteiger charge is -2.36. The van der Waals surface area contributed by atoms with Crippen LogP contribution in [-0.4, -0.2) is 69.9 Å². The number of sulfonamides is 1. The number of halogens is 3. The molecule has 2 aromatic rings. The molecule has 190 valence electrons. The van der Waals surface area contributed by atoms with Crippen LogP contribution in [0.3, 0.4) is 0 Å². The number of amides is 1. The summed E-state index contributed by atoms with van der Waals surface area (Å²) < 4.78 is 61.9. The second kappa shape index (κ2) is 11.4. The van der Waals surface area contributed by atoms with Gasteiger partial charge in [-0.15, -0.1) is 0 Å². The van der Waals surface area contributed by atoms with Crippen molar-refractivity contribution in [3.05, 3.63) is 69.7 Å². The van der Waals surface area contributed by atoms with Crippen molar-refractivity contribution in [1.29, 1.82) is 0 Å². The quantitative estimate of drug-likeness (QED) is 0.528. The van der Waals surface area contributed by atoms with Crippen LogP contribution in [0.5, 0.6) is 0 Å². The molecule has 0 aliphatic carbocycles. The van der Waals surface area contributed by atoms with Gasteiger partial charge in [-0.25, -0.2) is 26.7 Å². The van der Waals surface area contributed by atoms with E-state index >= 15 is 0 Å². The minimum Gasteiger partial charge on any atom is -0.465 e. The maximum absolute atomic E-state index is 14.5. The van der Waals surface area contributed by atoms with E-state index in [9.17, 15) is 26.8 Å². The number of benzene rings is 2. The first-order valence-corrected chi connectivity index (χ1v) is 12.7. The molecule has 12 heteroatoms. The summed E-state index contributed by atoms with van der Waals surface area (Å²) in [6.45, 7) is 3.01. The van der Waals surface area contributed by atoms with E-state index in [0.717, 1.165) is 12.1 Å². The molecule has 0 aromatic heterocycles. The topological polar surface area (TPSA) is 96.0 Å². The highest BCUT2D eigenvalue weighted by atomic mass is 35.5. The number of nitrogens with one attached hydrogen (secondary N) is 1. The highest BCUT2D eigenvalue weighted by Crippen LogP contribution is 2.28. The van der Waals surface area contributed by atoms with E-state index in [1.165, 1.54) is 38.3 Å². The number of rotatable bonds is 8. The average Bonchev–Trinajstić information content (AvgIpc) is 2.83. The third-order valence-electron chi connectivity index (χ3n) is 5.87. The summed E-state index contributed by atoms with van der Waals surface area (Å²) in [4.78, 5) is 26.7. The largest absolute Gasteiger partial charge is 0.465 e. The fourth-order valence-electron chi connectivity index (χ4n) is 3.79. The van der Waals surface area contributed by atoms with Crippen LogP contribution in [-0.2, 0) is 26.1 Å². The molecule has 1 fully saturated rings. The lowest BCUT2D eigenvalue weighted by Crippen LogP contribution is -2.50. The maximum atomic E-state index is 14.5. The fraction of sp³-hybridized carbons (Fsp3) is 0.391. The molecule has 1 aliphatic heterocycles. The molecule has 1 heterocycles. The van der Waals surface area contributed by atoms with Gasteiger partial charge in [0.2, 0.25) is 15.9 Å². The molecule has 0 spiro atoms. The van der Waals surface area contributed by atoms with Crippen molar-refractivity contribution in [3.8, 4) is 0 Å². The second-order valence-electron chi connectivity index (χ2n) is 8.13. The number of methoxy groups -OCH3 is 1. The standard InChI is InChI=1S/C23H26ClF2N3O5S/c1-15(30)29-9-7-28(8-10-29)14-22(16-5-6-20(25)19(24)11-16)35(32,33)27-13-18-4-3-17(12-21(18)26)23(31)34-2/h3-6,11-12,22,27H,7-10,13-14H2,1-2H3. The van der Waals surface area contributed by atoms with Crippen molar-refractivity contribution in [3.63, 3.8) is 0 Å². The third-order valence-corrected chi connectivity index (χ3v) is 7.88. The number of hydrogen-bond acceptors (Lipinski definition) is 6. The van der Waals surface area contributed by atoms with Crippen LogP contribution < -0.4 is 4.72 Å². The number of hydrogen-bond donors (Lipinski definition) is 1. The highest BCUT2D eigenvalue weighted by molar-refractivity contribution is 7.89. The van der Waals surface area contributed by atoms with Crippen LogP contribution in [0.2, 0.25) is 5.02 Å². The second-order valence-corrected chi connectivity index (χ2v) is 10.5. The zero-order valence-electron chi connectivity index (χ0n) is 19.3. The Morgan fingerprint density at radius 3 is 2.34 bits per heavy atom. The molecule has 1 unspecified atom stereocenters. The molecule has 1 N–H and O–H groups in total. The van der Waals surface area contributed by atoms with Crippen molar-refractivity contribution in [2.75, 3.05) is 39.8 Å². The summed E-state index contributed by atoms with van der Waals surface area (Å²) in [5, 5.41) is -1.35. The predicted molar refractivity (Wildman–Crippen MR) is 126 cm³/mol. The molecule has 1 amide bonds. The highest BCUT2D eigenvalue weighted by Gasteiger charge is 2.31. The Labute approximate surface area is 207 Å². The molecule has 3 rings (SSSR count). The molecule has 0 saturated carbocycles. The zero-order chi connectivity index (χ0) is 25.8. The van der Waals surface area contributed by atoms with E-state index in [2.05, 4.69) is 9.46 Å². The van der Waals surface area contributed by atoms with Gasteiger partial charge in [0, 0.05) is 51.8 Å². The Balaban J connectivity index is 1.81. The first-order chi connectivity index (χ1) is 16.5. The summed E-state index contributed by atoms with van der Waals surface area (Å²) in [5.74, 6) is -2.21. The molecule has 0 bridgehead atoms. The minimum absolute atomic E-state index is 0.000131. The fourth-order valence-corrected chi connectivity index (χ4v) is 5.45. The Kier molecular flexibility index (Phi) is 8.81. The van der Waals surface area contributed by atoms with Crippen molar-refractivity contribution in [2.45, 2.75) is 18.7 Å². The smallest absolute Gasteiger partial charge is 0.337 e. The molecule has 35 heavy (non-hydrogen) atoms. The molecule has 1 aliphatic rings. The number of piperazine rings is 1. The van der Waals surface area contributed by atoms with E-state index in [-0.39, 0.29) is 40.7 Å². The lowest BCUT2D eigenvalue weighted by atomic mass is 10.1. The summed E-state index contributed by atoms with van der Waals surface area (Å²) >= 11 is 5.92. The van der Waals surface area contributed by atoms with Crippen molar-refractivity contribution in [2.24, 2.45) is 0 Å². The zero-order valence-corrected chi connectivity index (χ0v) is 20.8. The third kappa shape index (κ3) is 6.75. The van der Waals surface area contributed by atoms with Gasteiger partial charge in [-0.1, -0.05) is 23.7 Å². The number of esters is 1. The van der Waals surface area contributed by atoms with Crippen LogP contribution in [0.15, 0.2) is 36.4 Å². The van der Waals surface area contributed by atoms with E-state index < -0.39 is 32.9 Å². The Morgan fingerprint density at radius 2 is 1.77 bits per heavy atom.